The van der Waals surface area contributed by atoms with E-state index in [4.69, 9.17) is 4.98 Å². The van der Waals surface area contributed by atoms with E-state index in [9.17, 15) is 0 Å². The van der Waals surface area contributed by atoms with Crippen molar-refractivity contribution >= 4 is 23.4 Å². The van der Waals surface area contributed by atoms with Crippen molar-refractivity contribution in [2.45, 2.75) is 30.9 Å². The molecule has 18 heavy (non-hydrogen) atoms. The van der Waals surface area contributed by atoms with Crippen LogP contribution in [0.25, 0.3) is 0 Å². The van der Waals surface area contributed by atoms with E-state index in [1.165, 1.54) is 18.6 Å². The summed E-state index contributed by atoms with van der Waals surface area (Å²) < 4.78 is 0. The molecule has 2 fully saturated rings. The molecule has 0 radical (unpaired) electrons. The molecule has 4 nitrogen and oxygen atoms in total. The number of aromatic nitrogens is 2. The molecule has 0 amide bonds. The lowest BCUT2D eigenvalue weighted by atomic mass is 10.3. The molecule has 1 N–H and O–H groups in total. The van der Waals surface area contributed by atoms with Gasteiger partial charge in [0.25, 0.3) is 0 Å². The molecule has 0 spiro atoms. The van der Waals surface area contributed by atoms with Gasteiger partial charge in [0.2, 0.25) is 0 Å². The van der Waals surface area contributed by atoms with Crippen molar-refractivity contribution in [3.8, 4) is 0 Å². The summed E-state index contributed by atoms with van der Waals surface area (Å²) in [4.78, 5) is 11.7. The Kier molecular flexibility index (Phi) is 3.33. The molecular formula is C13H20N4S. The summed E-state index contributed by atoms with van der Waals surface area (Å²) in [6.07, 6.45) is 2.50. The monoisotopic (exact) mass is 264 g/mol. The molecule has 1 saturated heterocycles. The summed E-state index contributed by atoms with van der Waals surface area (Å²) in [5, 5.41) is 3.85. The third kappa shape index (κ3) is 2.55. The molecule has 0 bridgehead atoms. The molecule has 2 heterocycles. The van der Waals surface area contributed by atoms with Crippen LogP contribution >= 0.6 is 11.8 Å². The van der Waals surface area contributed by atoms with Crippen LogP contribution in [0.4, 0.5) is 11.6 Å². The van der Waals surface area contributed by atoms with Crippen molar-refractivity contribution in [1.29, 1.82) is 0 Å². The summed E-state index contributed by atoms with van der Waals surface area (Å²) in [6.45, 7) is 4.48. The molecular weight excluding hydrogens is 244 g/mol. The van der Waals surface area contributed by atoms with E-state index in [0.717, 1.165) is 30.5 Å². The normalized spacial score (nSPS) is 24.1. The maximum Gasteiger partial charge on any atom is 0.136 e. The number of anilines is 2. The van der Waals surface area contributed by atoms with Gasteiger partial charge < -0.3 is 10.2 Å². The summed E-state index contributed by atoms with van der Waals surface area (Å²) in [5.74, 6) is 4.88. The molecule has 2 aliphatic rings. The van der Waals surface area contributed by atoms with Crippen molar-refractivity contribution < 1.29 is 0 Å². The highest BCUT2D eigenvalue weighted by Crippen LogP contribution is 2.39. The minimum absolute atomic E-state index is 0.605. The molecule has 1 aromatic rings. The molecule has 3 rings (SSSR count). The average Bonchev–Trinajstić information content (AvgIpc) is 3.22. The van der Waals surface area contributed by atoms with Crippen LogP contribution in [0.15, 0.2) is 6.07 Å². The van der Waals surface area contributed by atoms with Gasteiger partial charge in [0.15, 0.2) is 0 Å². The Balaban J connectivity index is 1.87. The summed E-state index contributed by atoms with van der Waals surface area (Å²) in [7, 11) is 1.93. The number of hydrogen-bond acceptors (Lipinski definition) is 5. The maximum absolute atomic E-state index is 4.77. The quantitative estimate of drug-likeness (QED) is 0.907. The molecule has 1 aliphatic carbocycles. The lowest BCUT2D eigenvalue weighted by Gasteiger charge is -2.31. The van der Waals surface area contributed by atoms with Crippen LogP contribution in [0.1, 0.15) is 31.5 Å². The number of rotatable bonds is 3. The first kappa shape index (κ1) is 12.1. The van der Waals surface area contributed by atoms with E-state index in [-0.39, 0.29) is 0 Å². The van der Waals surface area contributed by atoms with E-state index in [1.54, 1.807) is 0 Å². The van der Waals surface area contributed by atoms with Crippen LogP contribution in [-0.4, -0.2) is 41.1 Å². The average molecular weight is 264 g/mol. The minimum atomic E-state index is 0.605. The second kappa shape index (κ2) is 4.96. The Labute approximate surface area is 113 Å². The lowest BCUT2D eigenvalue weighted by Crippen LogP contribution is -2.37. The largest absolute Gasteiger partial charge is 0.373 e. The first-order valence-corrected chi connectivity index (χ1v) is 7.74. The maximum atomic E-state index is 4.77. The van der Waals surface area contributed by atoms with Crippen molar-refractivity contribution in [3.05, 3.63) is 11.9 Å². The SMILES string of the molecule is CNc1cc(N2CCSC(C)C2)nc(C2CC2)n1. The van der Waals surface area contributed by atoms with Gasteiger partial charge in [-0.1, -0.05) is 6.92 Å². The van der Waals surface area contributed by atoms with Crippen LogP contribution < -0.4 is 10.2 Å². The molecule has 5 heteroatoms. The predicted molar refractivity (Wildman–Crippen MR) is 77.7 cm³/mol. The highest BCUT2D eigenvalue weighted by atomic mass is 32.2. The number of nitrogens with one attached hydrogen (secondary N) is 1. The number of nitrogens with zero attached hydrogens (tertiary/aromatic N) is 3. The minimum Gasteiger partial charge on any atom is -0.373 e. The van der Waals surface area contributed by atoms with E-state index < -0.39 is 0 Å². The third-order valence-electron chi connectivity index (χ3n) is 3.49. The van der Waals surface area contributed by atoms with Crippen molar-refractivity contribution in [2.24, 2.45) is 0 Å². The molecule has 98 valence electrons. The molecule has 1 atom stereocenters. The summed E-state index contributed by atoms with van der Waals surface area (Å²) in [6, 6.07) is 2.08. The van der Waals surface area contributed by atoms with Gasteiger partial charge >= 0.3 is 0 Å². The smallest absolute Gasteiger partial charge is 0.136 e. The summed E-state index contributed by atoms with van der Waals surface area (Å²) in [5.41, 5.74) is 0. The summed E-state index contributed by atoms with van der Waals surface area (Å²) >= 11 is 2.05. The highest BCUT2D eigenvalue weighted by molar-refractivity contribution is 8.00. The molecule has 1 unspecified atom stereocenters. The lowest BCUT2D eigenvalue weighted by molar-refractivity contribution is 0.760. The Hall–Kier alpha value is -0.970. The number of thioether (sulfide) groups is 1. The fourth-order valence-electron chi connectivity index (χ4n) is 2.29. The molecule has 1 saturated carbocycles. The Bertz CT molecular complexity index is 433. The van der Waals surface area contributed by atoms with E-state index in [1.807, 2.05) is 18.8 Å². The van der Waals surface area contributed by atoms with Gasteiger partial charge in [0, 0.05) is 43.1 Å². The van der Waals surface area contributed by atoms with Crippen molar-refractivity contribution in [2.75, 3.05) is 36.1 Å². The van der Waals surface area contributed by atoms with Gasteiger partial charge in [-0.3, -0.25) is 0 Å². The van der Waals surface area contributed by atoms with E-state index in [2.05, 4.69) is 28.2 Å². The van der Waals surface area contributed by atoms with Gasteiger partial charge in [-0.05, 0) is 12.8 Å². The Morgan fingerprint density at radius 3 is 2.89 bits per heavy atom. The third-order valence-corrected chi connectivity index (χ3v) is 4.63. The van der Waals surface area contributed by atoms with Gasteiger partial charge in [0.1, 0.15) is 17.5 Å². The second-order valence-electron chi connectivity index (χ2n) is 5.12. The van der Waals surface area contributed by atoms with Crippen LogP contribution in [0, 0.1) is 0 Å². The predicted octanol–water partition coefficient (Wildman–Crippen LogP) is 2.34. The first-order chi connectivity index (χ1) is 8.76. The van der Waals surface area contributed by atoms with Gasteiger partial charge in [-0.15, -0.1) is 0 Å². The van der Waals surface area contributed by atoms with Crippen LogP contribution in [0.3, 0.4) is 0 Å². The number of hydrogen-bond donors (Lipinski definition) is 1. The van der Waals surface area contributed by atoms with Gasteiger partial charge in [0.05, 0.1) is 0 Å². The van der Waals surface area contributed by atoms with Gasteiger partial charge in [-0.2, -0.15) is 11.8 Å². The fourth-order valence-corrected chi connectivity index (χ4v) is 3.31. The van der Waals surface area contributed by atoms with Crippen molar-refractivity contribution in [1.82, 2.24) is 9.97 Å². The Morgan fingerprint density at radius 2 is 2.22 bits per heavy atom. The standard InChI is InChI=1S/C13H20N4S/c1-9-8-17(5-6-18-9)12-7-11(14-2)15-13(16-12)10-3-4-10/h7,9-10H,3-6,8H2,1-2H3,(H,14,15,16). The van der Waals surface area contributed by atoms with E-state index in [0.29, 0.717) is 11.2 Å². The zero-order chi connectivity index (χ0) is 12.5. The molecule has 1 aromatic heterocycles. The highest BCUT2D eigenvalue weighted by Gasteiger charge is 2.28. The second-order valence-corrected chi connectivity index (χ2v) is 6.67. The van der Waals surface area contributed by atoms with E-state index >= 15 is 0 Å². The van der Waals surface area contributed by atoms with Crippen LogP contribution in [0.5, 0.6) is 0 Å². The molecule has 0 aromatic carbocycles. The zero-order valence-electron chi connectivity index (χ0n) is 11.0. The fraction of sp³-hybridized carbons (Fsp3) is 0.692. The van der Waals surface area contributed by atoms with Gasteiger partial charge in [-0.25, -0.2) is 9.97 Å². The Morgan fingerprint density at radius 1 is 1.39 bits per heavy atom. The first-order valence-electron chi connectivity index (χ1n) is 6.69. The zero-order valence-corrected chi connectivity index (χ0v) is 11.8. The molecule has 1 aliphatic heterocycles. The van der Waals surface area contributed by atoms with Crippen molar-refractivity contribution in [3.63, 3.8) is 0 Å². The topological polar surface area (TPSA) is 41.0 Å². The van der Waals surface area contributed by atoms with Crippen LogP contribution in [-0.2, 0) is 0 Å². The van der Waals surface area contributed by atoms with Crippen LogP contribution in [0.2, 0.25) is 0 Å².